The van der Waals surface area contributed by atoms with E-state index in [0.29, 0.717) is 32.6 Å². The minimum atomic E-state index is -0.302. The van der Waals surface area contributed by atoms with Crippen molar-refractivity contribution in [3.8, 4) is 16.3 Å². The molecule has 3 aromatic rings. The summed E-state index contributed by atoms with van der Waals surface area (Å²) in [5.41, 5.74) is 8.08. The number of aryl methyl sites for hydroxylation is 1. The molecule has 3 rings (SSSR count). The number of methoxy groups -OCH3 is 1. The van der Waals surface area contributed by atoms with Crippen LogP contribution in [0.4, 0.5) is 4.39 Å². The largest absolute Gasteiger partial charge is 0.487 e. The molecule has 6 nitrogen and oxygen atoms in total. The molecule has 28 heavy (non-hydrogen) atoms. The maximum Gasteiger partial charge on any atom is 0.261 e. The Morgan fingerprint density at radius 3 is 2.71 bits per heavy atom. The fourth-order valence-corrected chi connectivity index (χ4v) is 4.02. The summed E-state index contributed by atoms with van der Waals surface area (Å²) in [6.45, 7) is 0.256. The van der Waals surface area contributed by atoms with Gasteiger partial charge in [0, 0.05) is 19.6 Å². The highest BCUT2D eigenvalue weighted by Crippen LogP contribution is 2.40. The molecule has 9 heteroatoms. The van der Waals surface area contributed by atoms with E-state index in [1.165, 1.54) is 23.5 Å². The van der Waals surface area contributed by atoms with E-state index in [-0.39, 0.29) is 24.3 Å². The fraction of sp³-hybridized carbons (Fsp3) is 0.263. The molecular formula is C19H20ClFN4O2S. The number of hydrogen-bond acceptors (Lipinski definition) is 5. The summed E-state index contributed by atoms with van der Waals surface area (Å²) < 4.78 is 20.1. The summed E-state index contributed by atoms with van der Waals surface area (Å²) in [5, 5.41) is 8.10. The van der Waals surface area contributed by atoms with Gasteiger partial charge in [0.05, 0.1) is 34.5 Å². The first-order valence-corrected chi connectivity index (χ1v) is 9.73. The lowest BCUT2D eigenvalue weighted by Gasteiger charge is -2.16. The second kappa shape index (κ2) is 8.72. The number of carbonyl (C=O) groups excluding carboxylic acids is 1. The molecule has 0 bridgehead atoms. The van der Waals surface area contributed by atoms with Crippen molar-refractivity contribution >= 4 is 28.8 Å². The van der Waals surface area contributed by atoms with Gasteiger partial charge in [-0.2, -0.15) is 5.10 Å². The van der Waals surface area contributed by atoms with Crippen LogP contribution in [-0.2, 0) is 13.5 Å². The number of benzene rings is 1. The van der Waals surface area contributed by atoms with Crippen LogP contribution in [0.5, 0.6) is 5.06 Å². The number of nitrogens with one attached hydrogen (secondary N) is 1. The normalized spacial score (nSPS) is 12.0. The molecule has 2 aromatic heterocycles. The Morgan fingerprint density at radius 1 is 1.43 bits per heavy atom. The molecule has 3 N–H and O–H groups in total. The molecule has 1 aromatic carbocycles. The molecule has 0 aliphatic heterocycles. The predicted octanol–water partition coefficient (Wildman–Crippen LogP) is 3.25. The second-order valence-corrected chi connectivity index (χ2v) is 7.64. The van der Waals surface area contributed by atoms with Crippen LogP contribution in [0.1, 0.15) is 15.2 Å². The third kappa shape index (κ3) is 4.35. The molecule has 0 radical (unpaired) electrons. The Balaban J connectivity index is 1.79. The van der Waals surface area contributed by atoms with Crippen LogP contribution in [-0.4, -0.2) is 35.4 Å². The average Bonchev–Trinajstić information content (AvgIpc) is 3.25. The van der Waals surface area contributed by atoms with Crippen LogP contribution in [0.25, 0.3) is 11.3 Å². The number of halogens is 2. The minimum Gasteiger partial charge on any atom is -0.487 e. The standard InChI is InChI=1S/C19H20ClFN4O2S/c1-25-17(15(20)10-23-25)14-8-16(28-19(14)27-2)18(26)24-13(9-22)7-11-3-5-12(21)6-4-11/h3-6,8,10,13H,7,9,22H2,1-2H3,(H,24,26)/t13-/m0/s1. The summed E-state index contributed by atoms with van der Waals surface area (Å²) >= 11 is 7.45. The highest BCUT2D eigenvalue weighted by Gasteiger charge is 2.22. The van der Waals surface area contributed by atoms with E-state index in [1.807, 2.05) is 0 Å². The maximum atomic E-state index is 13.1. The van der Waals surface area contributed by atoms with Gasteiger partial charge in [0.2, 0.25) is 0 Å². The zero-order valence-electron chi connectivity index (χ0n) is 15.4. The summed E-state index contributed by atoms with van der Waals surface area (Å²) in [6.07, 6.45) is 2.05. The van der Waals surface area contributed by atoms with Crippen LogP contribution in [0.3, 0.4) is 0 Å². The number of rotatable bonds is 7. The molecule has 0 aliphatic carbocycles. The first-order chi connectivity index (χ1) is 13.4. The molecule has 2 heterocycles. The van der Waals surface area contributed by atoms with Crippen molar-refractivity contribution in [2.45, 2.75) is 12.5 Å². The average molecular weight is 423 g/mol. The third-order valence-corrected chi connectivity index (χ3v) is 5.64. The van der Waals surface area contributed by atoms with Crippen molar-refractivity contribution in [2.75, 3.05) is 13.7 Å². The van der Waals surface area contributed by atoms with Crippen molar-refractivity contribution < 1.29 is 13.9 Å². The summed E-state index contributed by atoms with van der Waals surface area (Å²) in [6, 6.07) is 7.58. The molecule has 148 valence electrons. The fourth-order valence-electron chi connectivity index (χ4n) is 2.87. The Morgan fingerprint density at radius 2 is 2.14 bits per heavy atom. The van der Waals surface area contributed by atoms with Gasteiger partial charge >= 0.3 is 0 Å². The summed E-state index contributed by atoms with van der Waals surface area (Å²) in [5.74, 6) is -0.561. The van der Waals surface area contributed by atoms with E-state index >= 15 is 0 Å². The smallest absolute Gasteiger partial charge is 0.261 e. The Kier molecular flexibility index (Phi) is 6.33. The third-order valence-electron chi connectivity index (χ3n) is 4.27. The monoisotopic (exact) mass is 422 g/mol. The van der Waals surface area contributed by atoms with Gasteiger partial charge in [-0.15, -0.1) is 0 Å². The number of nitrogens with two attached hydrogens (primary N) is 1. The highest BCUT2D eigenvalue weighted by molar-refractivity contribution is 7.16. The van der Waals surface area contributed by atoms with Gasteiger partial charge in [-0.1, -0.05) is 35.1 Å². The SMILES string of the molecule is COc1sc(C(=O)N[C@H](CN)Cc2ccc(F)cc2)cc1-c1c(Cl)cnn1C. The molecule has 0 saturated carbocycles. The van der Waals surface area contributed by atoms with Crippen molar-refractivity contribution in [1.29, 1.82) is 0 Å². The Hall–Kier alpha value is -2.42. The Bertz CT molecular complexity index is 951. The van der Waals surface area contributed by atoms with Gasteiger partial charge in [0.25, 0.3) is 5.91 Å². The lowest BCUT2D eigenvalue weighted by atomic mass is 10.1. The first-order valence-electron chi connectivity index (χ1n) is 8.54. The van der Waals surface area contributed by atoms with Crippen molar-refractivity contribution in [1.82, 2.24) is 15.1 Å². The van der Waals surface area contributed by atoms with Gasteiger partial charge in [0.15, 0.2) is 5.06 Å². The highest BCUT2D eigenvalue weighted by atomic mass is 35.5. The van der Waals surface area contributed by atoms with E-state index in [0.717, 1.165) is 5.56 Å². The van der Waals surface area contributed by atoms with Gasteiger partial charge < -0.3 is 15.8 Å². The zero-order chi connectivity index (χ0) is 20.3. The topological polar surface area (TPSA) is 82.2 Å². The van der Waals surface area contributed by atoms with Gasteiger partial charge in [-0.05, 0) is 30.2 Å². The van der Waals surface area contributed by atoms with Crippen LogP contribution in [0.15, 0.2) is 36.5 Å². The molecule has 0 spiro atoms. The number of thiophene rings is 1. The van der Waals surface area contributed by atoms with Gasteiger partial charge in [-0.25, -0.2) is 4.39 Å². The van der Waals surface area contributed by atoms with Crippen molar-refractivity contribution in [3.63, 3.8) is 0 Å². The van der Waals surface area contributed by atoms with E-state index in [1.54, 1.807) is 43.2 Å². The molecule has 1 amide bonds. The first kappa shape index (κ1) is 20.3. The van der Waals surface area contributed by atoms with Crippen LogP contribution < -0.4 is 15.8 Å². The van der Waals surface area contributed by atoms with Crippen LogP contribution >= 0.6 is 22.9 Å². The Labute approximate surface area is 171 Å². The van der Waals surface area contributed by atoms with E-state index in [4.69, 9.17) is 22.1 Å². The number of amides is 1. The van der Waals surface area contributed by atoms with Gasteiger partial charge in [0.1, 0.15) is 5.82 Å². The van der Waals surface area contributed by atoms with E-state index in [2.05, 4.69) is 10.4 Å². The number of ether oxygens (including phenoxy) is 1. The molecule has 0 aliphatic rings. The number of nitrogens with zero attached hydrogens (tertiary/aromatic N) is 2. The lowest BCUT2D eigenvalue weighted by molar-refractivity contribution is 0.0942. The quantitative estimate of drug-likeness (QED) is 0.612. The number of carbonyl (C=O) groups is 1. The molecule has 0 fully saturated rings. The second-order valence-electron chi connectivity index (χ2n) is 6.22. The number of hydrogen-bond donors (Lipinski definition) is 2. The summed E-state index contributed by atoms with van der Waals surface area (Å²) in [4.78, 5) is 13.2. The van der Waals surface area contributed by atoms with Gasteiger partial charge in [-0.3, -0.25) is 9.48 Å². The summed E-state index contributed by atoms with van der Waals surface area (Å²) in [7, 11) is 3.31. The minimum absolute atomic E-state index is 0.256. The molecule has 0 saturated heterocycles. The molecule has 1 atom stereocenters. The molecular weight excluding hydrogens is 403 g/mol. The van der Waals surface area contributed by atoms with Crippen LogP contribution in [0, 0.1) is 5.82 Å². The zero-order valence-corrected chi connectivity index (χ0v) is 17.0. The van der Waals surface area contributed by atoms with E-state index < -0.39 is 0 Å². The van der Waals surface area contributed by atoms with Crippen molar-refractivity contribution in [3.05, 3.63) is 57.8 Å². The van der Waals surface area contributed by atoms with E-state index in [9.17, 15) is 9.18 Å². The van der Waals surface area contributed by atoms with Crippen molar-refractivity contribution in [2.24, 2.45) is 12.8 Å². The molecule has 0 unspecified atom stereocenters. The maximum absolute atomic E-state index is 13.1. The predicted molar refractivity (Wildman–Crippen MR) is 108 cm³/mol. The number of aromatic nitrogens is 2. The lowest BCUT2D eigenvalue weighted by Crippen LogP contribution is -2.41. The van der Waals surface area contributed by atoms with Crippen LogP contribution in [0.2, 0.25) is 5.02 Å².